The summed E-state index contributed by atoms with van der Waals surface area (Å²) in [5, 5.41) is 9.84. The van der Waals surface area contributed by atoms with Crippen LogP contribution >= 0.6 is 0 Å². The van der Waals surface area contributed by atoms with E-state index in [1.54, 1.807) is 26.2 Å². The largest absolute Gasteiger partial charge is 0.497 e. The molecule has 0 spiro atoms. The van der Waals surface area contributed by atoms with Crippen LogP contribution in [0.25, 0.3) is 10.9 Å². The fraction of sp³-hybridized carbons (Fsp3) is 0.304. The van der Waals surface area contributed by atoms with Gasteiger partial charge in [-0.05, 0) is 48.7 Å². The van der Waals surface area contributed by atoms with Crippen LogP contribution in [0.3, 0.4) is 0 Å². The molecule has 0 aliphatic carbocycles. The number of aromatic nitrogens is 2. The first-order chi connectivity index (χ1) is 14.8. The van der Waals surface area contributed by atoms with Gasteiger partial charge >= 0.3 is 11.9 Å². The lowest BCUT2D eigenvalue weighted by atomic mass is 9.97. The van der Waals surface area contributed by atoms with E-state index in [9.17, 15) is 19.5 Å². The molecule has 162 valence electrons. The number of fused-ring (bicyclic) bond motifs is 1. The number of aliphatic carboxylic acids is 1. The molecule has 1 N–H and O–H groups in total. The molecule has 0 aliphatic rings. The summed E-state index contributed by atoms with van der Waals surface area (Å²) < 4.78 is 11.8. The molecule has 0 saturated heterocycles. The normalized spacial score (nSPS) is 12.9. The quantitative estimate of drug-likeness (QED) is 0.437. The molecule has 1 heterocycles. The Kier molecular flexibility index (Phi) is 6.69. The molecule has 31 heavy (non-hydrogen) atoms. The third kappa shape index (κ3) is 4.91. The molecule has 0 amide bonds. The van der Waals surface area contributed by atoms with E-state index in [0.29, 0.717) is 17.7 Å². The molecule has 3 aromatic rings. The number of esters is 1. The van der Waals surface area contributed by atoms with E-state index in [4.69, 9.17) is 9.47 Å². The Bertz CT molecular complexity index is 1150. The van der Waals surface area contributed by atoms with Crippen LogP contribution in [-0.4, -0.2) is 39.8 Å². The highest BCUT2D eigenvalue weighted by Gasteiger charge is 2.31. The van der Waals surface area contributed by atoms with Crippen molar-refractivity contribution in [3.05, 3.63) is 70.3 Å². The monoisotopic (exact) mass is 424 g/mol. The molecular weight excluding hydrogens is 400 g/mol. The minimum absolute atomic E-state index is 0.175. The first-order valence-corrected chi connectivity index (χ1v) is 9.89. The molecular formula is C23H24N2O6. The van der Waals surface area contributed by atoms with Crippen LogP contribution in [0.1, 0.15) is 37.3 Å². The number of benzene rings is 2. The predicted octanol–water partition coefficient (Wildman–Crippen LogP) is 2.96. The van der Waals surface area contributed by atoms with Crippen molar-refractivity contribution in [1.29, 1.82) is 0 Å². The first kappa shape index (κ1) is 22.0. The summed E-state index contributed by atoms with van der Waals surface area (Å²) in [7, 11) is 1.58. The lowest BCUT2D eigenvalue weighted by molar-refractivity contribution is -0.157. The maximum atomic E-state index is 13.0. The van der Waals surface area contributed by atoms with Crippen LogP contribution < -0.4 is 10.3 Å². The van der Waals surface area contributed by atoms with Crippen molar-refractivity contribution in [2.24, 2.45) is 0 Å². The Morgan fingerprint density at radius 2 is 1.87 bits per heavy atom. The van der Waals surface area contributed by atoms with Gasteiger partial charge in [-0.2, -0.15) is 0 Å². The number of nitrogens with zero attached hydrogens (tertiary/aromatic N) is 2. The molecule has 2 unspecified atom stereocenters. The third-order valence-corrected chi connectivity index (χ3v) is 5.07. The van der Waals surface area contributed by atoms with Gasteiger partial charge in [-0.15, -0.1) is 0 Å². The molecule has 2 atom stereocenters. The molecule has 2 aromatic carbocycles. The number of hydrogen-bond donors (Lipinski definition) is 1. The van der Waals surface area contributed by atoms with Crippen LogP contribution in [0.5, 0.6) is 5.75 Å². The highest BCUT2D eigenvalue weighted by molar-refractivity contribution is 6.00. The van der Waals surface area contributed by atoms with E-state index < -0.39 is 24.0 Å². The second-order valence-electron chi connectivity index (χ2n) is 7.23. The second-order valence-corrected chi connectivity index (χ2v) is 7.23. The minimum atomic E-state index is -1.52. The van der Waals surface area contributed by atoms with E-state index in [0.717, 1.165) is 5.56 Å². The zero-order valence-electron chi connectivity index (χ0n) is 17.6. The van der Waals surface area contributed by atoms with Gasteiger partial charge in [0, 0.05) is 0 Å². The van der Waals surface area contributed by atoms with Gasteiger partial charge in [-0.1, -0.05) is 25.1 Å². The molecule has 0 fully saturated rings. The van der Waals surface area contributed by atoms with Gasteiger partial charge < -0.3 is 14.6 Å². The summed E-state index contributed by atoms with van der Waals surface area (Å²) >= 11 is 0. The van der Waals surface area contributed by atoms with Crippen molar-refractivity contribution in [2.75, 3.05) is 7.11 Å². The molecule has 8 nitrogen and oxygen atoms in total. The topological polar surface area (TPSA) is 108 Å². The number of hydrogen-bond acceptors (Lipinski definition) is 6. The molecule has 0 saturated carbocycles. The predicted molar refractivity (Wildman–Crippen MR) is 114 cm³/mol. The summed E-state index contributed by atoms with van der Waals surface area (Å²) in [6.45, 7) is 3.81. The zero-order chi connectivity index (χ0) is 22.5. The number of carboxylic acids is 1. The van der Waals surface area contributed by atoms with Gasteiger partial charge in [0.05, 0.1) is 37.0 Å². The SMILES string of the molecule is CCC(C)OC(=O)C(C(=O)O)c1ccc2ncn(Cc3ccc(OC)cc3)c(=O)c2c1. The minimum Gasteiger partial charge on any atom is -0.497 e. The first-order valence-electron chi connectivity index (χ1n) is 9.89. The molecule has 0 radical (unpaired) electrons. The van der Waals surface area contributed by atoms with Crippen molar-refractivity contribution in [1.82, 2.24) is 9.55 Å². The number of carboxylic acid groups (broad SMARTS) is 1. The summed E-state index contributed by atoms with van der Waals surface area (Å²) in [5.41, 5.74) is 1.14. The molecule has 0 bridgehead atoms. The Balaban J connectivity index is 1.97. The molecule has 0 aliphatic heterocycles. The molecule has 1 aromatic heterocycles. The van der Waals surface area contributed by atoms with Gasteiger partial charge in [0.25, 0.3) is 5.56 Å². The average Bonchev–Trinajstić information content (AvgIpc) is 2.76. The number of carbonyl (C=O) groups is 2. The summed E-state index contributed by atoms with van der Waals surface area (Å²) in [6.07, 6.45) is 1.61. The van der Waals surface area contributed by atoms with Gasteiger partial charge in [0.15, 0.2) is 5.92 Å². The molecule has 3 rings (SSSR count). The number of carbonyl (C=O) groups excluding carboxylic acids is 1. The standard InChI is InChI=1S/C23H24N2O6/c1-4-14(2)31-23(29)20(22(27)28)16-7-10-19-18(11-16)21(26)25(13-24-19)12-15-5-8-17(30-3)9-6-15/h5-11,13-14,20H,4,12H2,1-3H3,(H,27,28). The maximum Gasteiger partial charge on any atom is 0.325 e. The average molecular weight is 424 g/mol. The van der Waals surface area contributed by atoms with Gasteiger partial charge in [0.2, 0.25) is 0 Å². The summed E-state index contributed by atoms with van der Waals surface area (Å²) in [5.74, 6) is -3.01. The van der Waals surface area contributed by atoms with Crippen LogP contribution in [0, 0.1) is 0 Å². The number of rotatable bonds is 8. The van der Waals surface area contributed by atoms with Gasteiger partial charge in [-0.25, -0.2) is 4.98 Å². The zero-order valence-corrected chi connectivity index (χ0v) is 17.6. The van der Waals surface area contributed by atoms with E-state index in [1.165, 1.54) is 29.1 Å². The Labute approximate surface area is 179 Å². The summed E-state index contributed by atoms with van der Waals surface area (Å²) in [6, 6.07) is 11.7. The van der Waals surface area contributed by atoms with Crippen molar-refractivity contribution >= 4 is 22.8 Å². The van der Waals surface area contributed by atoms with Crippen molar-refractivity contribution in [2.45, 2.75) is 38.8 Å². The Hall–Kier alpha value is -3.68. The lowest BCUT2D eigenvalue weighted by Crippen LogP contribution is -2.27. The Morgan fingerprint density at radius 1 is 1.16 bits per heavy atom. The number of methoxy groups -OCH3 is 1. The highest BCUT2D eigenvalue weighted by Crippen LogP contribution is 2.22. The third-order valence-electron chi connectivity index (χ3n) is 5.07. The van der Waals surface area contributed by atoms with Crippen LogP contribution in [0.4, 0.5) is 0 Å². The van der Waals surface area contributed by atoms with E-state index in [2.05, 4.69) is 4.98 Å². The molecule has 8 heteroatoms. The van der Waals surface area contributed by atoms with Crippen molar-refractivity contribution < 1.29 is 24.2 Å². The smallest absolute Gasteiger partial charge is 0.325 e. The Morgan fingerprint density at radius 3 is 2.48 bits per heavy atom. The van der Waals surface area contributed by atoms with E-state index in [1.807, 2.05) is 19.1 Å². The fourth-order valence-electron chi connectivity index (χ4n) is 3.13. The van der Waals surface area contributed by atoms with Gasteiger partial charge in [-0.3, -0.25) is 19.0 Å². The van der Waals surface area contributed by atoms with Crippen LogP contribution in [0.2, 0.25) is 0 Å². The number of ether oxygens (including phenoxy) is 2. The fourth-order valence-corrected chi connectivity index (χ4v) is 3.13. The van der Waals surface area contributed by atoms with Crippen molar-refractivity contribution in [3.8, 4) is 5.75 Å². The van der Waals surface area contributed by atoms with E-state index >= 15 is 0 Å². The maximum absolute atomic E-state index is 13.0. The van der Waals surface area contributed by atoms with Crippen LogP contribution in [-0.2, 0) is 20.9 Å². The lowest BCUT2D eigenvalue weighted by Gasteiger charge is -2.16. The van der Waals surface area contributed by atoms with Gasteiger partial charge in [0.1, 0.15) is 5.75 Å². The summed E-state index contributed by atoms with van der Waals surface area (Å²) in [4.78, 5) is 41.5. The van der Waals surface area contributed by atoms with E-state index in [-0.39, 0.29) is 23.1 Å². The van der Waals surface area contributed by atoms with Crippen molar-refractivity contribution in [3.63, 3.8) is 0 Å². The van der Waals surface area contributed by atoms with Crippen LogP contribution in [0.15, 0.2) is 53.6 Å². The second kappa shape index (κ2) is 9.42. The highest BCUT2D eigenvalue weighted by atomic mass is 16.5.